The van der Waals surface area contributed by atoms with Gasteiger partial charge in [-0.05, 0) is 37.0 Å². The predicted octanol–water partition coefficient (Wildman–Crippen LogP) is 2.18. The molecule has 0 saturated heterocycles. The maximum atomic E-state index is 5.94. The zero-order chi connectivity index (χ0) is 10.7. The summed E-state index contributed by atoms with van der Waals surface area (Å²) in [6.45, 7) is 0.994. The van der Waals surface area contributed by atoms with Crippen molar-refractivity contribution >= 4 is 16.5 Å². The fourth-order valence-corrected chi connectivity index (χ4v) is 1.86. The maximum Gasteiger partial charge on any atom is 0.0393 e. The highest BCUT2D eigenvalue weighted by molar-refractivity contribution is 5.95. The molecule has 0 unspecified atom stereocenters. The molecule has 0 radical (unpaired) electrons. The third-order valence-corrected chi connectivity index (χ3v) is 2.69. The summed E-state index contributed by atoms with van der Waals surface area (Å²) in [6, 6.07) is 12.4. The Bertz CT molecular complexity index is 463. The lowest BCUT2D eigenvalue weighted by molar-refractivity contribution is 0.795. The summed E-state index contributed by atoms with van der Waals surface area (Å²) in [5, 5.41) is 5.59. The molecular weight excluding hydrogens is 184 g/mol. The molecule has 2 aromatic carbocycles. The highest BCUT2D eigenvalue weighted by Gasteiger charge is 2.02. The number of hydrogen-bond donors (Lipinski definition) is 2. The van der Waals surface area contributed by atoms with Crippen molar-refractivity contribution in [1.29, 1.82) is 0 Å². The maximum absolute atomic E-state index is 5.94. The van der Waals surface area contributed by atoms with Crippen LogP contribution in [0, 0.1) is 0 Å². The normalized spacial score (nSPS) is 10.7. The van der Waals surface area contributed by atoms with E-state index in [9.17, 15) is 0 Å². The summed E-state index contributed by atoms with van der Waals surface area (Å²) in [7, 11) is 1.97. The Morgan fingerprint density at radius 1 is 1.07 bits per heavy atom. The predicted molar refractivity (Wildman–Crippen MR) is 66.0 cm³/mol. The Labute approximate surface area is 90.1 Å². The van der Waals surface area contributed by atoms with Gasteiger partial charge in [-0.1, -0.05) is 30.3 Å². The van der Waals surface area contributed by atoms with E-state index in [1.54, 1.807) is 0 Å². The number of benzene rings is 2. The average molecular weight is 200 g/mol. The summed E-state index contributed by atoms with van der Waals surface area (Å²) < 4.78 is 0. The Morgan fingerprint density at radius 2 is 1.80 bits per heavy atom. The van der Waals surface area contributed by atoms with E-state index in [1.165, 1.54) is 10.9 Å². The first-order chi connectivity index (χ1) is 7.33. The molecule has 15 heavy (non-hydrogen) atoms. The molecule has 0 heterocycles. The second-order valence-corrected chi connectivity index (χ2v) is 3.71. The number of anilines is 1. The Balaban J connectivity index is 2.51. The van der Waals surface area contributed by atoms with Gasteiger partial charge in [0, 0.05) is 11.1 Å². The largest absolute Gasteiger partial charge is 0.398 e. The molecule has 0 aliphatic carbocycles. The third kappa shape index (κ3) is 1.95. The quantitative estimate of drug-likeness (QED) is 0.745. The van der Waals surface area contributed by atoms with Gasteiger partial charge in [0.05, 0.1) is 0 Å². The van der Waals surface area contributed by atoms with Crippen molar-refractivity contribution in [2.24, 2.45) is 0 Å². The fourth-order valence-electron chi connectivity index (χ4n) is 1.86. The molecule has 0 amide bonds. The van der Waals surface area contributed by atoms with Gasteiger partial charge < -0.3 is 11.1 Å². The first-order valence-corrected chi connectivity index (χ1v) is 5.23. The van der Waals surface area contributed by atoms with Crippen LogP contribution in [0.3, 0.4) is 0 Å². The molecule has 0 spiro atoms. The van der Waals surface area contributed by atoms with Crippen LogP contribution < -0.4 is 11.1 Å². The highest BCUT2D eigenvalue weighted by Crippen LogP contribution is 2.24. The molecule has 78 valence electrons. The average Bonchev–Trinajstić information content (AvgIpc) is 2.29. The zero-order valence-corrected chi connectivity index (χ0v) is 8.96. The van der Waals surface area contributed by atoms with Crippen LogP contribution in [0.5, 0.6) is 0 Å². The second kappa shape index (κ2) is 4.32. The van der Waals surface area contributed by atoms with Gasteiger partial charge in [0.25, 0.3) is 0 Å². The number of fused-ring (bicyclic) bond motifs is 1. The molecule has 0 aliphatic heterocycles. The molecule has 0 bridgehead atoms. The van der Waals surface area contributed by atoms with Crippen LogP contribution in [0.15, 0.2) is 36.4 Å². The van der Waals surface area contributed by atoms with E-state index in [1.807, 2.05) is 19.2 Å². The second-order valence-electron chi connectivity index (χ2n) is 3.71. The van der Waals surface area contributed by atoms with E-state index in [0.29, 0.717) is 0 Å². The van der Waals surface area contributed by atoms with E-state index in [2.05, 4.69) is 29.6 Å². The molecule has 0 aromatic heterocycles. The monoisotopic (exact) mass is 200 g/mol. The summed E-state index contributed by atoms with van der Waals surface area (Å²) in [5.41, 5.74) is 8.15. The number of rotatable bonds is 3. The minimum Gasteiger partial charge on any atom is -0.398 e. The Hall–Kier alpha value is -1.54. The van der Waals surface area contributed by atoms with E-state index in [4.69, 9.17) is 5.73 Å². The van der Waals surface area contributed by atoms with Crippen LogP contribution in [0.25, 0.3) is 10.8 Å². The first kappa shape index (κ1) is 9.99. The lowest BCUT2D eigenvalue weighted by atomic mass is 10.0. The zero-order valence-electron chi connectivity index (χ0n) is 8.96. The number of nitrogens with two attached hydrogens (primary N) is 1. The van der Waals surface area contributed by atoms with Gasteiger partial charge in [-0.15, -0.1) is 0 Å². The van der Waals surface area contributed by atoms with Crippen molar-refractivity contribution in [3.05, 3.63) is 42.0 Å². The number of hydrogen-bond acceptors (Lipinski definition) is 2. The SMILES string of the molecule is CNCCc1ccc(N)c2ccccc12. The molecule has 0 saturated carbocycles. The van der Waals surface area contributed by atoms with Gasteiger partial charge >= 0.3 is 0 Å². The molecular formula is C13H16N2. The first-order valence-electron chi connectivity index (χ1n) is 5.23. The van der Waals surface area contributed by atoms with Crippen LogP contribution in [-0.4, -0.2) is 13.6 Å². The molecule has 2 rings (SSSR count). The van der Waals surface area contributed by atoms with Crippen molar-refractivity contribution < 1.29 is 0 Å². The van der Waals surface area contributed by atoms with Crippen LogP contribution in [0.2, 0.25) is 0 Å². The van der Waals surface area contributed by atoms with Gasteiger partial charge in [0.2, 0.25) is 0 Å². The van der Waals surface area contributed by atoms with Crippen LogP contribution in [0.4, 0.5) is 5.69 Å². The minimum atomic E-state index is 0.860. The van der Waals surface area contributed by atoms with Crippen molar-refractivity contribution in [2.45, 2.75) is 6.42 Å². The van der Waals surface area contributed by atoms with Gasteiger partial charge in [0.1, 0.15) is 0 Å². The van der Waals surface area contributed by atoms with Gasteiger partial charge in [-0.3, -0.25) is 0 Å². The van der Waals surface area contributed by atoms with Crippen LogP contribution in [0.1, 0.15) is 5.56 Å². The van der Waals surface area contributed by atoms with Gasteiger partial charge in [-0.25, -0.2) is 0 Å². The molecule has 3 N–H and O–H groups in total. The van der Waals surface area contributed by atoms with Crippen LogP contribution in [-0.2, 0) is 6.42 Å². The number of nitrogen functional groups attached to an aromatic ring is 1. The lowest BCUT2D eigenvalue weighted by Gasteiger charge is -2.08. The Kier molecular flexibility index (Phi) is 2.88. The third-order valence-electron chi connectivity index (χ3n) is 2.69. The molecule has 2 nitrogen and oxygen atoms in total. The highest BCUT2D eigenvalue weighted by atomic mass is 14.8. The van der Waals surface area contributed by atoms with Crippen molar-refractivity contribution in [3.8, 4) is 0 Å². The van der Waals surface area contributed by atoms with Crippen molar-refractivity contribution in [3.63, 3.8) is 0 Å². The van der Waals surface area contributed by atoms with Crippen molar-refractivity contribution in [2.75, 3.05) is 19.3 Å². The van der Waals surface area contributed by atoms with Gasteiger partial charge in [0.15, 0.2) is 0 Å². The molecule has 0 fully saturated rings. The summed E-state index contributed by atoms with van der Waals surface area (Å²) in [6.07, 6.45) is 1.04. The van der Waals surface area contributed by atoms with E-state index in [0.717, 1.165) is 24.0 Å². The standard InChI is InChI=1S/C13H16N2/c1-15-9-8-10-6-7-13(14)12-5-3-2-4-11(10)12/h2-7,15H,8-9,14H2,1H3. The number of likely N-dealkylation sites (N-methyl/N-ethyl adjacent to an activating group) is 1. The number of nitrogens with one attached hydrogen (secondary N) is 1. The van der Waals surface area contributed by atoms with Crippen molar-refractivity contribution in [1.82, 2.24) is 5.32 Å². The topological polar surface area (TPSA) is 38.0 Å². The fraction of sp³-hybridized carbons (Fsp3) is 0.231. The molecule has 0 atom stereocenters. The smallest absolute Gasteiger partial charge is 0.0393 e. The van der Waals surface area contributed by atoms with E-state index < -0.39 is 0 Å². The summed E-state index contributed by atoms with van der Waals surface area (Å²) in [4.78, 5) is 0. The molecule has 0 aliphatic rings. The Morgan fingerprint density at radius 3 is 2.53 bits per heavy atom. The molecule has 2 heteroatoms. The van der Waals surface area contributed by atoms with Gasteiger partial charge in [-0.2, -0.15) is 0 Å². The van der Waals surface area contributed by atoms with Crippen LogP contribution >= 0.6 is 0 Å². The summed E-state index contributed by atoms with van der Waals surface area (Å²) in [5.74, 6) is 0. The van der Waals surface area contributed by atoms with E-state index in [-0.39, 0.29) is 0 Å². The van der Waals surface area contributed by atoms with E-state index >= 15 is 0 Å². The minimum absolute atomic E-state index is 0.860. The lowest BCUT2D eigenvalue weighted by Crippen LogP contribution is -2.10. The molecule has 2 aromatic rings. The summed E-state index contributed by atoms with van der Waals surface area (Å²) >= 11 is 0.